The van der Waals surface area contributed by atoms with Gasteiger partial charge in [-0.15, -0.1) is 0 Å². The molecule has 0 atom stereocenters. The van der Waals surface area contributed by atoms with Crippen LogP contribution in [0.15, 0.2) is 17.1 Å². The van der Waals surface area contributed by atoms with E-state index >= 15 is 0 Å². The first-order valence-corrected chi connectivity index (χ1v) is 9.88. The van der Waals surface area contributed by atoms with E-state index in [4.69, 9.17) is 0 Å². The van der Waals surface area contributed by atoms with Crippen LogP contribution in [-0.2, 0) is 6.42 Å². The van der Waals surface area contributed by atoms with Crippen LogP contribution in [0.2, 0.25) is 0 Å². The van der Waals surface area contributed by atoms with Crippen molar-refractivity contribution in [1.82, 2.24) is 10.3 Å². The number of rotatable bonds is 7. The number of carbonyl (C=O) groups excluding carboxylic acids is 1. The number of unbranched alkanes of at least 4 members (excludes halogenated alkanes) is 2. The molecule has 2 N–H and O–H groups in total. The van der Waals surface area contributed by atoms with Crippen molar-refractivity contribution in [3.63, 3.8) is 0 Å². The molecule has 1 amide bonds. The Balaban J connectivity index is 1.81. The summed E-state index contributed by atoms with van der Waals surface area (Å²) in [6.07, 6.45) is 12.8. The fraction of sp³-hybridized carbons (Fsp3) is 0.714. The molecule has 1 aromatic rings. The molecule has 1 saturated carbocycles. The number of pyridine rings is 1. The highest BCUT2D eigenvalue weighted by Crippen LogP contribution is 2.22. The molecule has 0 aliphatic heterocycles. The Labute approximate surface area is 151 Å². The quantitative estimate of drug-likeness (QED) is 0.710. The summed E-state index contributed by atoms with van der Waals surface area (Å²) in [6.45, 7) is 6.80. The predicted molar refractivity (Wildman–Crippen MR) is 103 cm³/mol. The van der Waals surface area contributed by atoms with E-state index in [0.717, 1.165) is 44.2 Å². The lowest BCUT2D eigenvalue weighted by Crippen LogP contribution is -2.38. The Bertz CT molecular complexity index is 607. The van der Waals surface area contributed by atoms with Gasteiger partial charge in [0, 0.05) is 24.0 Å². The average Bonchev–Trinajstić information content (AvgIpc) is 2.54. The van der Waals surface area contributed by atoms with Gasteiger partial charge in [0.2, 0.25) is 0 Å². The minimum atomic E-state index is -0.232. The maximum absolute atomic E-state index is 12.3. The third-order valence-corrected chi connectivity index (χ3v) is 5.03. The molecular formula is C21H34N2O2. The smallest absolute Gasteiger partial charge is 0.256 e. The topological polar surface area (TPSA) is 62.0 Å². The van der Waals surface area contributed by atoms with Gasteiger partial charge in [0.15, 0.2) is 5.43 Å². The fourth-order valence-corrected chi connectivity index (χ4v) is 3.49. The second kappa shape index (κ2) is 9.21. The van der Waals surface area contributed by atoms with E-state index in [-0.39, 0.29) is 22.9 Å². The van der Waals surface area contributed by atoms with Crippen molar-refractivity contribution < 1.29 is 4.79 Å². The van der Waals surface area contributed by atoms with Gasteiger partial charge in [0.25, 0.3) is 5.91 Å². The van der Waals surface area contributed by atoms with E-state index in [1.807, 2.05) is 0 Å². The maximum atomic E-state index is 12.3. The highest BCUT2D eigenvalue weighted by Gasteiger charge is 2.18. The van der Waals surface area contributed by atoms with Crippen molar-refractivity contribution in [2.45, 2.75) is 91.0 Å². The summed E-state index contributed by atoms with van der Waals surface area (Å²) in [6, 6.07) is 1.82. The molecule has 140 valence electrons. The summed E-state index contributed by atoms with van der Waals surface area (Å²) in [5.41, 5.74) is 1.38. The Kier molecular flexibility index (Phi) is 7.27. The minimum Gasteiger partial charge on any atom is -0.364 e. The Morgan fingerprint density at radius 2 is 1.88 bits per heavy atom. The molecule has 1 heterocycles. The van der Waals surface area contributed by atoms with Crippen molar-refractivity contribution in [3.05, 3.63) is 33.7 Å². The summed E-state index contributed by atoms with van der Waals surface area (Å²) in [5, 5.41) is 3.01. The molecule has 1 fully saturated rings. The predicted octanol–water partition coefficient (Wildman–Crippen LogP) is 4.59. The molecular weight excluding hydrogens is 312 g/mol. The van der Waals surface area contributed by atoms with Gasteiger partial charge in [0.05, 0.1) is 0 Å². The summed E-state index contributed by atoms with van der Waals surface area (Å²) in [4.78, 5) is 27.7. The van der Waals surface area contributed by atoms with Gasteiger partial charge in [-0.05, 0) is 37.5 Å². The zero-order chi connectivity index (χ0) is 18.3. The first kappa shape index (κ1) is 19.7. The van der Waals surface area contributed by atoms with Crippen molar-refractivity contribution in [1.29, 1.82) is 0 Å². The zero-order valence-corrected chi connectivity index (χ0v) is 16.1. The second-order valence-electron chi connectivity index (χ2n) is 8.67. The molecule has 0 aromatic carbocycles. The Morgan fingerprint density at radius 1 is 1.16 bits per heavy atom. The molecule has 25 heavy (non-hydrogen) atoms. The van der Waals surface area contributed by atoms with Crippen molar-refractivity contribution in [2.75, 3.05) is 0 Å². The number of carbonyl (C=O) groups is 1. The molecule has 0 radical (unpaired) electrons. The van der Waals surface area contributed by atoms with Crippen LogP contribution in [0.1, 0.15) is 94.6 Å². The van der Waals surface area contributed by atoms with Gasteiger partial charge in [-0.3, -0.25) is 9.59 Å². The van der Waals surface area contributed by atoms with E-state index in [0.29, 0.717) is 5.41 Å². The zero-order valence-electron chi connectivity index (χ0n) is 16.1. The van der Waals surface area contributed by atoms with Gasteiger partial charge in [-0.1, -0.05) is 52.9 Å². The molecule has 0 bridgehead atoms. The molecule has 2 rings (SSSR count). The second-order valence-corrected chi connectivity index (χ2v) is 8.67. The van der Waals surface area contributed by atoms with Gasteiger partial charge >= 0.3 is 0 Å². The molecule has 0 spiro atoms. The van der Waals surface area contributed by atoms with Crippen LogP contribution in [-0.4, -0.2) is 16.9 Å². The Morgan fingerprint density at radius 3 is 2.52 bits per heavy atom. The third kappa shape index (κ3) is 7.05. The van der Waals surface area contributed by atoms with Crippen LogP contribution in [0.3, 0.4) is 0 Å². The number of amides is 1. The normalized spacial score (nSPS) is 16.0. The monoisotopic (exact) mass is 346 g/mol. The number of H-pyrrole nitrogens is 1. The summed E-state index contributed by atoms with van der Waals surface area (Å²) < 4.78 is 0. The molecule has 1 aliphatic carbocycles. The van der Waals surface area contributed by atoms with Crippen molar-refractivity contribution >= 4 is 5.91 Å². The lowest BCUT2D eigenvalue weighted by atomic mass is 9.89. The van der Waals surface area contributed by atoms with E-state index in [1.165, 1.54) is 25.7 Å². The molecule has 1 aromatic heterocycles. The van der Waals surface area contributed by atoms with Crippen LogP contribution in [0.25, 0.3) is 0 Å². The third-order valence-electron chi connectivity index (χ3n) is 5.03. The minimum absolute atomic E-state index is 0.170. The molecule has 1 aliphatic rings. The summed E-state index contributed by atoms with van der Waals surface area (Å²) >= 11 is 0. The number of nitrogens with one attached hydrogen (secondary N) is 2. The van der Waals surface area contributed by atoms with Crippen molar-refractivity contribution in [2.24, 2.45) is 5.41 Å². The van der Waals surface area contributed by atoms with Gasteiger partial charge in [-0.2, -0.15) is 0 Å². The molecule has 4 nitrogen and oxygen atoms in total. The lowest BCUT2D eigenvalue weighted by Gasteiger charge is -2.22. The average molecular weight is 347 g/mol. The number of aryl methyl sites for hydroxylation is 1. The molecule has 0 unspecified atom stereocenters. The molecule has 4 heteroatoms. The number of aromatic nitrogens is 1. The number of hydrogen-bond acceptors (Lipinski definition) is 2. The lowest BCUT2D eigenvalue weighted by molar-refractivity contribution is 0.0926. The van der Waals surface area contributed by atoms with Crippen LogP contribution in [0.5, 0.6) is 0 Å². The fourth-order valence-electron chi connectivity index (χ4n) is 3.49. The van der Waals surface area contributed by atoms with E-state index in [9.17, 15) is 9.59 Å². The first-order chi connectivity index (χ1) is 11.8. The highest BCUT2D eigenvalue weighted by molar-refractivity contribution is 5.93. The maximum Gasteiger partial charge on any atom is 0.256 e. The molecule has 0 saturated heterocycles. The van der Waals surface area contributed by atoms with Crippen LogP contribution < -0.4 is 10.7 Å². The van der Waals surface area contributed by atoms with E-state index in [1.54, 1.807) is 12.3 Å². The van der Waals surface area contributed by atoms with Gasteiger partial charge in [0.1, 0.15) is 5.56 Å². The standard InChI is InChI=1S/C21H34N2O2/c1-21(2,3)13-9-5-8-12-17-14-19(24)18(15-22-17)20(25)23-16-10-6-4-7-11-16/h14-16H,4-13H2,1-3H3,(H,22,24)(H,23,25). The summed E-state index contributed by atoms with van der Waals surface area (Å²) in [7, 11) is 0. The van der Waals surface area contributed by atoms with Crippen LogP contribution in [0.4, 0.5) is 0 Å². The van der Waals surface area contributed by atoms with E-state index < -0.39 is 0 Å². The van der Waals surface area contributed by atoms with Crippen molar-refractivity contribution in [3.8, 4) is 0 Å². The Hall–Kier alpha value is -1.58. The number of aromatic amines is 1. The van der Waals surface area contributed by atoms with E-state index in [2.05, 4.69) is 31.1 Å². The number of hydrogen-bond donors (Lipinski definition) is 2. The SMILES string of the molecule is CC(C)(C)CCCCCc1cc(=O)c(C(=O)NC2CCCCC2)c[nH]1. The van der Waals surface area contributed by atoms with Crippen LogP contribution in [0, 0.1) is 5.41 Å². The highest BCUT2D eigenvalue weighted by atomic mass is 16.2. The van der Waals surface area contributed by atoms with Gasteiger partial charge < -0.3 is 10.3 Å². The largest absolute Gasteiger partial charge is 0.364 e. The van der Waals surface area contributed by atoms with Gasteiger partial charge in [-0.25, -0.2) is 0 Å². The van der Waals surface area contributed by atoms with Crippen LogP contribution >= 0.6 is 0 Å². The first-order valence-electron chi connectivity index (χ1n) is 9.88. The summed E-state index contributed by atoms with van der Waals surface area (Å²) in [5.74, 6) is -0.232.